The third-order valence-electron chi connectivity index (χ3n) is 2.16. The number of hydrogen-bond acceptors (Lipinski definition) is 4. The fourth-order valence-corrected chi connectivity index (χ4v) is 1.37. The molecule has 0 aromatic heterocycles. The van der Waals surface area contributed by atoms with E-state index in [4.69, 9.17) is 11.0 Å². The molecule has 1 unspecified atom stereocenters. The van der Waals surface area contributed by atoms with Crippen molar-refractivity contribution in [3.05, 3.63) is 23.8 Å². The predicted molar refractivity (Wildman–Crippen MR) is 67.0 cm³/mol. The van der Waals surface area contributed by atoms with E-state index in [0.29, 0.717) is 16.5 Å². The van der Waals surface area contributed by atoms with Gasteiger partial charge >= 0.3 is 0 Å². The normalized spacial score (nSPS) is 11.8. The van der Waals surface area contributed by atoms with Gasteiger partial charge in [0.05, 0.1) is 23.0 Å². The Bertz CT molecular complexity index is 371. The van der Waals surface area contributed by atoms with Crippen LogP contribution < -0.4 is 11.1 Å². The number of nitrogens with zero attached hydrogens (tertiary/aromatic N) is 1. The molecule has 0 fully saturated rings. The third-order valence-corrected chi connectivity index (χ3v) is 3.14. The highest BCUT2D eigenvalue weighted by atomic mass is 32.2. The standard InChI is InChI=1S/C11H15N3S/c1-8(15-2)7-14-11-5-9(6-12)3-4-10(11)13/h3-5,8,14H,7,13H2,1-2H3. The largest absolute Gasteiger partial charge is 0.397 e. The lowest BCUT2D eigenvalue weighted by atomic mass is 10.2. The molecular formula is C11H15N3S. The molecule has 0 saturated carbocycles. The summed E-state index contributed by atoms with van der Waals surface area (Å²) in [5.74, 6) is 0. The molecule has 1 atom stereocenters. The van der Waals surface area contributed by atoms with Crippen molar-refractivity contribution in [1.29, 1.82) is 5.26 Å². The van der Waals surface area contributed by atoms with Gasteiger partial charge in [0.15, 0.2) is 0 Å². The van der Waals surface area contributed by atoms with E-state index < -0.39 is 0 Å². The monoisotopic (exact) mass is 221 g/mol. The highest BCUT2D eigenvalue weighted by Gasteiger charge is 2.03. The van der Waals surface area contributed by atoms with E-state index in [1.807, 2.05) is 0 Å². The summed E-state index contributed by atoms with van der Waals surface area (Å²) in [5, 5.41) is 12.5. The molecule has 3 nitrogen and oxygen atoms in total. The number of benzene rings is 1. The summed E-state index contributed by atoms with van der Waals surface area (Å²) in [5.41, 5.74) is 7.95. The molecule has 1 aromatic rings. The van der Waals surface area contributed by atoms with E-state index in [1.165, 1.54) is 0 Å². The maximum atomic E-state index is 8.75. The Hall–Kier alpha value is -1.34. The van der Waals surface area contributed by atoms with Gasteiger partial charge in [-0.15, -0.1) is 0 Å². The summed E-state index contributed by atoms with van der Waals surface area (Å²) < 4.78 is 0. The molecule has 0 spiro atoms. The van der Waals surface area contributed by atoms with Crippen LogP contribution in [0.15, 0.2) is 18.2 Å². The molecule has 4 heteroatoms. The first-order chi connectivity index (χ1) is 7.17. The summed E-state index contributed by atoms with van der Waals surface area (Å²) >= 11 is 1.79. The van der Waals surface area contributed by atoms with Crippen LogP contribution in [-0.4, -0.2) is 18.1 Å². The third kappa shape index (κ3) is 3.37. The molecular weight excluding hydrogens is 206 g/mol. The van der Waals surface area contributed by atoms with Gasteiger partial charge in [-0.3, -0.25) is 0 Å². The van der Waals surface area contributed by atoms with Crippen molar-refractivity contribution in [3.8, 4) is 6.07 Å². The van der Waals surface area contributed by atoms with Crippen LogP contribution >= 0.6 is 11.8 Å². The Morgan fingerprint density at radius 3 is 2.93 bits per heavy atom. The molecule has 0 bridgehead atoms. The minimum absolute atomic E-state index is 0.523. The van der Waals surface area contributed by atoms with E-state index >= 15 is 0 Å². The average molecular weight is 221 g/mol. The fraction of sp³-hybridized carbons (Fsp3) is 0.364. The number of nitrogen functional groups attached to an aromatic ring is 1. The number of hydrogen-bond donors (Lipinski definition) is 2. The number of nitrogens with two attached hydrogens (primary N) is 1. The molecule has 1 rings (SSSR count). The Kier molecular flexibility index (Phi) is 4.32. The van der Waals surface area contributed by atoms with E-state index in [-0.39, 0.29) is 0 Å². The molecule has 0 aliphatic heterocycles. The second-order valence-electron chi connectivity index (χ2n) is 3.34. The predicted octanol–water partition coefficient (Wildman–Crippen LogP) is 2.30. The lowest BCUT2D eigenvalue weighted by Gasteiger charge is -2.12. The number of nitriles is 1. The van der Waals surface area contributed by atoms with Crippen LogP contribution in [0.2, 0.25) is 0 Å². The van der Waals surface area contributed by atoms with Crippen molar-refractivity contribution in [1.82, 2.24) is 0 Å². The zero-order valence-corrected chi connectivity index (χ0v) is 9.77. The number of thioether (sulfide) groups is 1. The molecule has 0 saturated heterocycles. The van der Waals surface area contributed by atoms with Crippen LogP contribution in [0.5, 0.6) is 0 Å². The Labute approximate surface area is 94.7 Å². The Morgan fingerprint density at radius 1 is 1.60 bits per heavy atom. The first-order valence-electron chi connectivity index (χ1n) is 4.73. The molecule has 3 N–H and O–H groups in total. The second-order valence-corrected chi connectivity index (χ2v) is 4.62. The fourth-order valence-electron chi connectivity index (χ4n) is 1.12. The molecule has 15 heavy (non-hydrogen) atoms. The smallest absolute Gasteiger partial charge is 0.0992 e. The van der Waals surface area contributed by atoms with Gasteiger partial charge in [-0.2, -0.15) is 17.0 Å². The van der Waals surface area contributed by atoms with Gasteiger partial charge in [0.1, 0.15) is 0 Å². The maximum Gasteiger partial charge on any atom is 0.0992 e. The van der Waals surface area contributed by atoms with Crippen molar-refractivity contribution in [3.63, 3.8) is 0 Å². The summed E-state index contributed by atoms with van der Waals surface area (Å²) in [6, 6.07) is 7.35. The Morgan fingerprint density at radius 2 is 2.33 bits per heavy atom. The Balaban J connectivity index is 2.72. The zero-order chi connectivity index (χ0) is 11.3. The molecule has 80 valence electrons. The molecule has 0 radical (unpaired) electrons. The number of anilines is 2. The van der Waals surface area contributed by atoms with E-state index in [1.54, 1.807) is 30.0 Å². The minimum atomic E-state index is 0.523. The molecule has 0 heterocycles. The van der Waals surface area contributed by atoms with Crippen LogP contribution in [0, 0.1) is 11.3 Å². The van der Waals surface area contributed by atoms with Gasteiger partial charge in [0, 0.05) is 11.8 Å². The van der Waals surface area contributed by atoms with Gasteiger partial charge in [0.2, 0.25) is 0 Å². The SMILES string of the molecule is CSC(C)CNc1cc(C#N)ccc1N. The van der Waals surface area contributed by atoms with Crippen molar-refractivity contribution in [2.75, 3.05) is 23.9 Å². The van der Waals surface area contributed by atoms with Crippen molar-refractivity contribution in [2.24, 2.45) is 0 Å². The maximum absolute atomic E-state index is 8.75. The van der Waals surface area contributed by atoms with Crippen LogP contribution in [0.3, 0.4) is 0 Å². The average Bonchev–Trinajstić information content (AvgIpc) is 2.27. The number of rotatable bonds is 4. The van der Waals surface area contributed by atoms with Crippen molar-refractivity contribution >= 4 is 23.1 Å². The summed E-state index contributed by atoms with van der Waals surface area (Å²) in [7, 11) is 0. The second kappa shape index (κ2) is 5.52. The van der Waals surface area contributed by atoms with Gasteiger partial charge in [-0.05, 0) is 24.5 Å². The highest BCUT2D eigenvalue weighted by molar-refractivity contribution is 7.99. The lowest BCUT2D eigenvalue weighted by Crippen LogP contribution is -2.13. The summed E-state index contributed by atoms with van der Waals surface area (Å²) in [6.07, 6.45) is 2.07. The summed E-state index contributed by atoms with van der Waals surface area (Å²) in [6.45, 7) is 2.99. The van der Waals surface area contributed by atoms with Gasteiger partial charge < -0.3 is 11.1 Å². The lowest BCUT2D eigenvalue weighted by molar-refractivity contribution is 1.00. The van der Waals surface area contributed by atoms with Crippen LogP contribution in [0.4, 0.5) is 11.4 Å². The first kappa shape index (κ1) is 11.7. The number of nitrogens with one attached hydrogen (secondary N) is 1. The van der Waals surface area contributed by atoms with Crippen LogP contribution in [0.25, 0.3) is 0 Å². The highest BCUT2D eigenvalue weighted by Crippen LogP contribution is 2.20. The zero-order valence-electron chi connectivity index (χ0n) is 8.95. The van der Waals surface area contributed by atoms with Gasteiger partial charge in [-0.1, -0.05) is 6.92 Å². The van der Waals surface area contributed by atoms with Crippen molar-refractivity contribution in [2.45, 2.75) is 12.2 Å². The van der Waals surface area contributed by atoms with Gasteiger partial charge in [0.25, 0.3) is 0 Å². The molecule has 1 aromatic carbocycles. The van der Waals surface area contributed by atoms with Crippen molar-refractivity contribution < 1.29 is 0 Å². The summed E-state index contributed by atoms with van der Waals surface area (Å²) in [4.78, 5) is 0. The van der Waals surface area contributed by atoms with E-state index in [2.05, 4.69) is 24.6 Å². The van der Waals surface area contributed by atoms with Crippen LogP contribution in [0.1, 0.15) is 12.5 Å². The first-order valence-corrected chi connectivity index (χ1v) is 6.02. The molecule has 0 aliphatic carbocycles. The molecule has 0 aliphatic rings. The topological polar surface area (TPSA) is 61.8 Å². The quantitative estimate of drug-likeness (QED) is 0.766. The van der Waals surface area contributed by atoms with E-state index in [0.717, 1.165) is 12.2 Å². The minimum Gasteiger partial charge on any atom is -0.397 e. The van der Waals surface area contributed by atoms with Crippen LogP contribution in [-0.2, 0) is 0 Å². The molecule has 0 amide bonds. The van der Waals surface area contributed by atoms with E-state index in [9.17, 15) is 0 Å². The van der Waals surface area contributed by atoms with Gasteiger partial charge in [-0.25, -0.2) is 0 Å².